The summed E-state index contributed by atoms with van der Waals surface area (Å²) in [5.41, 5.74) is 4.02. The molecular weight excluding hydrogens is 1040 g/mol. The normalized spacial score (nSPS) is 21.4. The molecule has 11 N–H and O–H groups in total. The average molecular weight is 1120 g/mol. The number of rotatable bonds is 19. The van der Waals surface area contributed by atoms with Crippen LogP contribution in [0.4, 0.5) is 0 Å². The van der Waals surface area contributed by atoms with E-state index >= 15 is 4.79 Å². The Morgan fingerprint density at radius 3 is 2.01 bits per heavy atom. The van der Waals surface area contributed by atoms with Crippen LogP contribution in [0.2, 0.25) is 0 Å². The maximum absolute atomic E-state index is 15.0. The first-order valence-electron chi connectivity index (χ1n) is 26.8. The standard InChI is InChI=1S/C58H76N10O9S2/c1-33(2)50-58(77)66-49(57(76)68-51(35(4)69)36(5)70)32-79-78-31-48(65-53(72)45(60-7)28-38-23-24-39-14-8-9-15-40(39)26-38)56(75)63-46(27-37-21-19-34(3)20-22-37)54(73)64-47(29-41-30-61-43-17-11-10-16-42(41)43)55(74)62-44(52(71)67-50)18-12-13-25-59-6/h8-11,14-17,19-24,26,30,33,35,44-51,59-61,69H,12-13,18,25,27-29,31-32H2,1-7H3,(H,62,74)(H,63,75)(H,64,73)(H,65,72)(H,66,77)(H,67,71)(H,68,76). The second kappa shape index (κ2) is 30.0. The number of carbonyl (C=O) groups is 8. The van der Waals surface area contributed by atoms with Crippen LogP contribution < -0.4 is 47.9 Å². The summed E-state index contributed by atoms with van der Waals surface area (Å²) < 4.78 is 0. The Hall–Kier alpha value is -6.78. The molecule has 0 aliphatic carbocycles. The number of aryl methyl sites for hydroxylation is 1. The van der Waals surface area contributed by atoms with Gasteiger partial charge < -0.3 is 57.9 Å². The first-order chi connectivity index (χ1) is 37.8. The van der Waals surface area contributed by atoms with Crippen molar-refractivity contribution in [3.63, 3.8) is 0 Å². The molecule has 1 aliphatic heterocycles. The Morgan fingerprint density at radius 1 is 0.696 bits per heavy atom. The molecule has 21 heteroatoms. The van der Waals surface area contributed by atoms with E-state index in [2.05, 4.69) is 52.8 Å². The summed E-state index contributed by atoms with van der Waals surface area (Å²) in [4.78, 5) is 118. The molecule has 0 spiro atoms. The van der Waals surface area contributed by atoms with Crippen molar-refractivity contribution in [3.05, 3.63) is 119 Å². The van der Waals surface area contributed by atoms with Gasteiger partial charge in [0.25, 0.3) is 0 Å². The quantitative estimate of drug-likeness (QED) is 0.0420. The first-order valence-corrected chi connectivity index (χ1v) is 29.3. The van der Waals surface area contributed by atoms with Gasteiger partial charge in [0, 0.05) is 41.4 Å². The minimum Gasteiger partial charge on any atom is -0.391 e. The Bertz CT molecular complexity index is 2920. The molecule has 0 saturated carbocycles. The van der Waals surface area contributed by atoms with Gasteiger partial charge in [0.2, 0.25) is 41.4 Å². The maximum Gasteiger partial charge on any atom is 0.244 e. The van der Waals surface area contributed by atoms with Crippen LogP contribution >= 0.6 is 21.6 Å². The summed E-state index contributed by atoms with van der Waals surface area (Å²) in [7, 11) is 5.64. The van der Waals surface area contributed by atoms with E-state index in [0.717, 1.165) is 54.4 Å². The number of aromatic amines is 1. The largest absolute Gasteiger partial charge is 0.391 e. The summed E-state index contributed by atoms with van der Waals surface area (Å²) in [6.45, 7) is 8.53. The monoisotopic (exact) mass is 1120 g/mol. The lowest BCUT2D eigenvalue weighted by atomic mass is 9.99. The van der Waals surface area contributed by atoms with Gasteiger partial charge in [-0.05, 0) is 107 Å². The minimum absolute atomic E-state index is 0.0137. The minimum atomic E-state index is -1.35. The summed E-state index contributed by atoms with van der Waals surface area (Å²) >= 11 is 0. The van der Waals surface area contributed by atoms with Crippen molar-refractivity contribution in [1.29, 1.82) is 0 Å². The third-order valence-electron chi connectivity index (χ3n) is 13.9. The number of unbranched alkanes of at least 4 members (excludes halogenated alkanes) is 1. The number of ketones is 1. The van der Waals surface area contributed by atoms with Crippen LogP contribution in [0, 0.1) is 12.8 Å². The highest BCUT2D eigenvalue weighted by molar-refractivity contribution is 8.76. The van der Waals surface area contributed by atoms with E-state index < -0.39 is 107 Å². The van der Waals surface area contributed by atoms with Crippen LogP contribution in [0.25, 0.3) is 21.7 Å². The van der Waals surface area contributed by atoms with Crippen LogP contribution in [0.5, 0.6) is 0 Å². The molecule has 1 aliphatic rings. The molecule has 6 rings (SSSR count). The summed E-state index contributed by atoms with van der Waals surface area (Å²) in [6, 6.07) is 18.9. The van der Waals surface area contributed by atoms with Crippen molar-refractivity contribution >= 4 is 90.4 Å². The number of nitrogens with one attached hydrogen (secondary N) is 10. The molecule has 1 fully saturated rings. The van der Waals surface area contributed by atoms with Crippen LogP contribution in [0.15, 0.2) is 97.2 Å². The number of Topliss-reactive ketones (excluding diaryl/α,β-unsaturated/α-hetero) is 1. The molecule has 5 aromatic rings. The van der Waals surface area contributed by atoms with E-state index in [-0.39, 0.29) is 37.2 Å². The molecule has 0 bridgehead atoms. The number of likely N-dealkylation sites (N-methyl/N-ethyl adjacent to an activating group) is 1. The van der Waals surface area contributed by atoms with Gasteiger partial charge in [0.15, 0.2) is 5.78 Å². The van der Waals surface area contributed by atoms with Crippen molar-refractivity contribution < 1.29 is 43.5 Å². The van der Waals surface area contributed by atoms with Gasteiger partial charge in [-0.3, -0.25) is 38.4 Å². The highest BCUT2D eigenvalue weighted by Crippen LogP contribution is 2.25. The summed E-state index contributed by atoms with van der Waals surface area (Å²) in [5.74, 6) is -6.17. The number of hydrogen-bond donors (Lipinski definition) is 11. The lowest BCUT2D eigenvalue weighted by Gasteiger charge is -2.29. The zero-order valence-corrected chi connectivity index (χ0v) is 47.5. The second-order valence-corrected chi connectivity index (χ2v) is 23.1. The van der Waals surface area contributed by atoms with E-state index in [1.165, 1.54) is 13.8 Å². The third kappa shape index (κ3) is 17.9. The van der Waals surface area contributed by atoms with Gasteiger partial charge in [0.05, 0.1) is 12.1 Å². The second-order valence-electron chi connectivity index (χ2n) is 20.5. The van der Waals surface area contributed by atoms with Gasteiger partial charge in [-0.2, -0.15) is 0 Å². The fourth-order valence-electron chi connectivity index (χ4n) is 9.30. The fraction of sp³-hybridized carbons (Fsp3) is 0.448. The molecule has 1 aromatic heterocycles. The van der Waals surface area contributed by atoms with Crippen molar-refractivity contribution in [2.75, 3.05) is 32.1 Å². The van der Waals surface area contributed by atoms with E-state index in [1.807, 2.05) is 97.9 Å². The van der Waals surface area contributed by atoms with Crippen LogP contribution in [0.1, 0.15) is 69.2 Å². The summed E-state index contributed by atoms with van der Waals surface area (Å²) in [6.07, 6.45) is 1.97. The van der Waals surface area contributed by atoms with E-state index in [9.17, 15) is 38.7 Å². The fourth-order valence-corrected chi connectivity index (χ4v) is 11.6. The topological polar surface area (TPSA) is 281 Å². The van der Waals surface area contributed by atoms with Crippen LogP contribution in [-0.2, 0) is 57.6 Å². The maximum atomic E-state index is 15.0. The number of hydrogen-bond acceptors (Lipinski definition) is 13. The SMILES string of the molecule is CNCCCCC1NC(=O)C(Cc2c[nH]c3ccccc23)NC(=O)C(Cc2ccc(C)cc2)NC(=O)C(NC(=O)C(Cc2ccc3ccccc3c2)NC)CSSCC(C(=O)NC(C(C)=O)C(C)O)NC(=O)C(C(C)C)NC1=O. The molecule has 424 valence electrons. The van der Waals surface area contributed by atoms with Gasteiger partial charge in [0.1, 0.15) is 42.3 Å². The molecular formula is C58H76N10O9S2. The Labute approximate surface area is 469 Å². The van der Waals surface area contributed by atoms with Gasteiger partial charge in [-0.15, -0.1) is 0 Å². The molecule has 7 amide bonds. The number of benzene rings is 4. The zero-order chi connectivity index (χ0) is 57.2. The van der Waals surface area contributed by atoms with Crippen molar-refractivity contribution in [2.24, 2.45) is 5.92 Å². The van der Waals surface area contributed by atoms with E-state index in [4.69, 9.17) is 0 Å². The number of carbonyl (C=O) groups excluding carboxylic acids is 8. The van der Waals surface area contributed by atoms with Gasteiger partial charge in [-0.25, -0.2) is 0 Å². The average Bonchev–Trinajstić information content (AvgIpc) is 3.88. The molecule has 1 saturated heterocycles. The van der Waals surface area contributed by atoms with Crippen molar-refractivity contribution in [2.45, 2.75) is 128 Å². The lowest BCUT2D eigenvalue weighted by molar-refractivity contribution is -0.136. The number of fused-ring (bicyclic) bond motifs is 2. The third-order valence-corrected chi connectivity index (χ3v) is 16.4. The molecule has 79 heavy (non-hydrogen) atoms. The van der Waals surface area contributed by atoms with Gasteiger partial charge >= 0.3 is 0 Å². The van der Waals surface area contributed by atoms with Crippen LogP contribution in [0.3, 0.4) is 0 Å². The number of para-hydroxylation sites is 1. The van der Waals surface area contributed by atoms with Crippen molar-refractivity contribution in [3.8, 4) is 0 Å². The first kappa shape index (κ1) is 61.4. The number of aliphatic hydroxyl groups excluding tert-OH is 1. The van der Waals surface area contributed by atoms with Crippen LogP contribution in [-0.4, -0.2) is 144 Å². The smallest absolute Gasteiger partial charge is 0.244 e. The van der Waals surface area contributed by atoms with E-state index in [1.54, 1.807) is 34.1 Å². The lowest BCUT2D eigenvalue weighted by Crippen LogP contribution is -2.62. The number of amides is 7. The Balaban J connectivity index is 1.41. The zero-order valence-electron chi connectivity index (χ0n) is 45.9. The van der Waals surface area contributed by atoms with E-state index in [0.29, 0.717) is 30.5 Å². The summed E-state index contributed by atoms with van der Waals surface area (Å²) in [5, 5.41) is 39.2. The molecule has 0 radical (unpaired) electrons. The Kier molecular flexibility index (Phi) is 23.3. The number of aromatic nitrogens is 1. The molecule has 4 aromatic carbocycles. The molecule has 9 atom stereocenters. The predicted molar refractivity (Wildman–Crippen MR) is 311 cm³/mol. The highest BCUT2D eigenvalue weighted by atomic mass is 33.1. The number of H-pyrrole nitrogens is 1. The molecule has 2 heterocycles. The van der Waals surface area contributed by atoms with Gasteiger partial charge in [-0.1, -0.05) is 126 Å². The molecule has 19 nitrogen and oxygen atoms in total. The predicted octanol–water partition coefficient (Wildman–Crippen LogP) is 3.05. The number of aliphatic hydroxyl groups is 1. The van der Waals surface area contributed by atoms with Crippen molar-refractivity contribution in [1.82, 2.24) is 52.8 Å². The highest BCUT2D eigenvalue weighted by Gasteiger charge is 2.36. The Morgan fingerprint density at radius 2 is 1.33 bits per heavy atom. The molecule has 9 unspecified atom stereocenters.